The largest absolute Gasteiger partial charge is 0.454 e. The minimum absolute atomic E-state index is 0.0597. The van der Waals surface area contributed by atoms with Gasteiger partial charge in [0.15, 0.2) is 11.5 Å². The maximum Gasteiger partial charge on any atom is 0.268 e. The molecule has 0 saturated heterocycles. The van der Waals surface area contributed by atoms with Gasteiger partial charge in [-0.05, 0) is 43.7 Å². The van der Waals surface area contributed by atoms with Gasteiger partial charge in [-0.15, -0.1) is 11.3 Å². The Hall–Kier alpha value is -2.47. The standard InChI is InChI=1S/C18H18N2O3S/c1-3-20-13-6-11(2)24-17(13)8-14(20)18(21)19-9-12-4-5-15-16(7-12)23-10-22-15/h4-8H,3,9-10H2,1-2H3,(H,19,21). The van der Waals surface area contributed by atoms with Crippen LogP contribution in [0.1, 0.15) is 27.9 Å². The number of hydrogen-bond acceptors (Lipinski definition) is 4. The molecule has 3 aromatic rings. The van der Waals surface area contributed by atoms with E-state index < -0.39 is 0 Å². The first kappa shape index (κ1) is 15.1. The third kappa shape index (κ3) is 2.53. The van der Waals surface area contributed by atoms with E-state index in [1.165, 1.54) is 4.88 Å². The van der Waals surface area contributed by atoms with Crippen LogP contribution in [0, 0.1) is 6.92 Å². The number of nitrogens with one attached hydrogen (secondary N) is 1. The summed E-state index contributed by atoms with van der Waals surface area (Å²) >= 11 is 1.72. The van der Waals surface area contributed by atoms with Crippen molar-refractivity contribution in [2.45, 2.75) is 26.9 Å². The highest BCUT2D eigenvalue weighted by Gasteiger charge is 2.17. The fraction of sp³-hybridized carbons (Fsp3) is 0.278. The first-order valence-corrected chi connectivity index (χ1v) is 8.73. The molecule has 0 saturated carbocycles. The number of amides is 1. The van der Waals surface area contributed by atoms with E-state index in [0.29, 0.717) is 12.2 Å². The highest BCUT2D eigenvalue weighted by Crippen LogP contribution is 2.32. The van der Waals surface area contributed by atoms with Crippen LogP contribution in [-0.2, 0) is 13.1 Å². The minimum Gasteiger partial charge on any atom is -0.454 e. The Kier molecular flexibility index (Phi) is 3.69. The van der Waals surface area contributed by atoms with E-state index in [0.717, 1.165) is 33.8 Å². The molecule has 0 radical (unpaired) electrons. The van der Waals surface area contributed by atoms with Gasteiger partial charge in [0.05, 0.1) is 10.2 Å². The molecule has 4 rings (SSSR count). The smallest absolute Gasteiger partial charge is 0.268 e. The van der Waals surface area contributed by atoms with Gasteiger partial charge in [-0.1, -0.05) is 6.07 Å². The summed E-state index contributed by atoms with van der Waals surface area (Å²) in [6, 6.07) is 9.83. The molecule has 24 heavy (non-hydrogen) atoms. The monoisotopic (exact) mass is 342 g/mol. The lowest BCUT2D eigenvalue weighted by Crippen LogP contribution is -2.25. The Labute approximate surface area is 143 Å². The lowest BCUT2D eigenvalue weighted by molar-refractivity contribution is 0.0942. The van der Waals surface area contributed by atoms with Crippen molar-refractivity contribution in [3.63, 3.8) is 0 Å². The third-order valence-corrected chi connectivity index (χ3v) is 5.14. The van der Waals surface area contributed by atoms with Crippen molar-refractivity contribution in [1.82, 2.24) is 9.88 Å². The van der Waals surface area contributed by atoms with Crippen LogP contribution >= 0.6 is 11.3 Å². The fourth-order valence-corrected chi connectivity index (χ4v) is 3.98. The van der Waals surface area contributed by atoms with Crippen molar-refractivity contribution in [2.75, 3.05) is 6.79 Å². The average molecular weight is 342 g/mol. The van der Waals surface area contributed by atoms with Gasteiger partial charge in [0, 0.05) is 18.0 Å². The number of thiophene rings is 1. The highest BCUT2D eigenvalue weighted by molar-refractivity contribution is 7.19. The van der Waals surface area contributed by atoms with Crippen molar-refractivity contribution in [2.24, 2.45) is 0 Å². The molecule has 0 fully saturated rings. The molecule has 0 spiro atoms. The van der Waals surface area contributed by atoms with Gasteiger partial charge in [0.2, 0.25) is 6.79 Å². The number of rotatable bonds is 4. The molecular weight excluding hydrogens is 324 g/mol. The predicted molar refractivity (Wildman–Crippen MR) is 94.0 cm³/mol. The van der Waals surface area contributed by atoms with E-state index in [4.69, 9.17) is 9.47 Å². The van der Waals surface area contributed by atoms with Crippen molar-refractivity contribution in [3.8, 4) is 11.5 Å². The summed E-state index contributed by atoms with van der Waals surface area (Å²) in [6.07, 6.45) is 0. The summed E-state index contributed by atoms with van der Waals surface area (Å²) in [5.74, 6) is 1.42. The lowest BCUT2D eigenvalue weighted by Gasteiger charge is -2.09. The molecule has 1 aliphatic rings. The zero-order chi connectivity index (χ0) is 16.7. The van der Waals surface area contributed by atoms with Crippen LogP contribution in [0.15, 0.2) is 30.3 Å². The summed E-state index contributed by atoms with van der Waals surface area (Å²) in [5.41, 5.74) is 2.83. The first-order valence-electron chi connectivity index (χ1n) is 7.92. The number of hydrogen-bond donors (Lipinski definition) is 1. The number of carbonyl (C=O) groups is 1. The predicted octanol–water partition coefficient (Wildman–Crippen LogP) is 3.69. The Morgan fingerprint density at radius 1 is 1.25 bits per heavy atom. The highest BCUT2D eigenvalue weighted by atomic mass is 32.1. The summed E-state index contributed by atoms with van der Waals surface area (Å²) in [7, 11) is 0. The van der Waals surface area contributed by atoms with Crippen LogP contribution in [0.2, 0.25) is 0 Å². The van der Waals surface area contributed by atoms with Crippen molar-refractivity contribution in [1.29, 1.82) is 0 Å². The summed E-state index contributed by atoms with van der Waals surface area (Å²) in [4.78, 5) is 13.9. The molecule has 3 heterocycles. The number of aryl methyl sites for hydroxylation is 2. The maximum absolute atomic E-state index is 12.6. The van der Waals surface area contributed by atoms with E-state index in [2.05, 4.69) is 29.8 Å². The van der Waals surface area contributed by atoms with Crippen molar-refractivity contribution < 1.29 is 14.3 Å². The van der Waals surface area contributed by atoms with Gasteiger partial charge in [-0.2, -0.15) is 0 Å². The molecular formula is C18H18N2O3S. The second kappa shape index (κ2) is 5.87. The van der Waals surface area contributed by atoms with E-state index in [9.17, 15) is 4.79 Å². The van der Waals surface area contributed by atoms with Gasteiger partial charge in [0.1, 0.15) is 5.69 Å². The Balaban J connectivity index is 1.53. The summed E-state index contributed by atoms with van der Waals surface area (Å²) in [6.45, 7) is 5.62. The molecule has 6 heteroatoms. The Bertz CT molecular complexity index is 926. The van der Waals surface area contributed by atoms with Gasteiger partial charge in [-0.3, -0.25) is 4.79 Å². The van der Waals surface area contributed by atoms with Gasteiger partial charge in [-0.25, -0.2) is 0 Å². The van der Waals surface area contributed by atoms with Crippen LogP contribution in [0.4, 0.5) is 0 Å². The minimum atomic E-state index is -0.0597. The Morgan fingerprint density at radius 2 is 2.08 bits per heavy atom. The van der Waals surface area contributed by atoms with Crippen LogP contribution in [0.3, 0.4) is 0 Å². The van der Waals surface area contributed by atoms with Gasteiger partial charge in [0.25, 0.3) is 5.91 Å². The van der Waals surface area contributed by atoms with E-state index in [1.54, 1.807) is 11.3 Å². The van der Waals surface area contributed by atoms with Gasteiger partial charge < -0.3 is 19.4 Å². The number of aromatic nitrogens is 1. The SMILES string of the molecule is CCn1c(C(=O)NCc2ccc3c(c2)OCO3)cc2sc(C)cc21. The summed E-state index contributed by atoms with van der Waals surface area (Å²) in [5, 5.41) is 3.00. The number of ether oxygens (including phenoxy) is 2. The van der Waals surface area contributed by atoms with Crippen LogP contribution in [0.25, 0.3) is 10.2 Å². The molecule has 5 nitrogen and oxygen atoms in total. The molecule has 0 unspecified atom stereocenters. The van der Waals surface area contributed by atoms with Crippen LogP contribution in [0.5, 0.6) is 11.5 Å². The quantitative estimate of drug-likeness (QED) is 0.787. The maximum atomic E-state index is 12.6. The molecule has 0 bridgehead atoms. The summed E-state index contributed by atoms with van der Waals surface area (Å²) < 4.78 is 13.9. The topological polar surface area (TPSA) is 52.5 Å². The van der Waals surface area contributed by atoms with Crippen LogP contribution in [-0.4, -0.2) is 17.3 Å². The number of nitrogens with zero attached hydrogens (tertiary/aromatic N) is 1. The molecule has 0 aliphatic carbocycles. The zero-order valence-electron chi connectivity index (χ0n) is 13.6. The second-order valence-electron chi connectivity index (χ2n) is 5.75. The molecule has 1 amide bonds. The molecule has 0 atom stereocenters. The molecule has 1 aromatic carbocycles. The van der Waals surface area contributed by atoms with E-state index >= 15 is 0 Å². The van der Waals surface area contributed by atoms with Crippen LogP contribution < -0.4 is 14.8 Å². The van der Waals surface area contributed by atoms with Gasteiger partial charge >= 0.3 is 0 Å². The lowest BCUT2D eigenvalue weighted by atomic mass is 10.2. The van der Waals surface area contributed by atoms with Crippen molar-refractivity contribution in [3.05, 3.63) is 46.5 Å². The fourth-order valence-electron chi connectivity index (χ4n) is 3.02. The van der Waals surface area contributed by atoms with E-state index in [-0.39, 0.29) is 12.7 Å². The number of carbonyl (C=O) groups excluding carboxylic acids is 1. The second-order valence-corrected chi connectivity index (χ2v) is 7.04. The van der Waals surface area contributed by atoms with Crippen molar-refractivity contribution >= 4 is 27.5 Å². The molecule has 1 N–H and O–H groups in total. The molecule has 2 aromatic heterocycles. The molecule has 1 aliphatic heterocycles. The zero-order valence-corrected chi connectivity index (χ0v) is 14.4. The van der Waals surface area contributed by atoms with E-state index in [1.807, 2.05) is 24.3 Å². The molecule has 124 valence electrons. The normalized spacial score (nSPS) is 12.8. The third-order valence-electron chi connectivity index (χ3n) is 4.15. The average Bonchev–Trinajstić information content (AvgIpc) is 3.25. The first-order chi connectivity index (χ1) is 11.7. The number of fused-ring (bicyclic) bond motifs is 2. The Morgan fingerprint density at radius 3 is 2.92 bits per heavy atom. The number of benzene rings is 1.